The normalized spacial score (nSPS) is 1.00. The predicted molar refractivity (Wildman–Crippen MR) is 5.50 cm³/mol. The molecule has 1 radical (unpaired) electrons. The van der Waals surface area contributed by atoms with Crippen LogP contribution in [-0.2, 0) is 43.4 Å². The largest absolute Gasteiger partial charge is 0.120 e. The quantitative estimate of drug-likeness (QED) is 0.405. The second kappa shape index (κ2) is 34.9. The maximum atomic E-state index is 7.25. The number of hydrogen-bond donors (Lipinski definition) is 0. The molecule has 0 aliphatic rings. The van der Waals surface area contributed by atoms with Crippen LogP contribution in [0, 0.1) is 4.91 Å². The fraction of sp³-hybridized carbons (Fsp3) is 0. The minimum atomic E-state index is 0. The van der Waals surface area contributed by atoms with Gasteiger partial charge in [-0.3, -0.25) is 0 Å². The molecule has 0 aliphatic carbocycles. The fourth-order valence-electron chi connectivity index (χ4n) is 0. The van der Waals surface area contributed by atoms with E-state index in [1.807, 2.05) is 0 Å². The van der Waals surface area contributed by atoms with Crippen molar-refractivity contribution in [2.24, 2.45) is 0 Å². The van der Waals surface area contributed by atoms with Crippen LogP contribution in [0.4, 0.5) is 0 Å². The topological polar surface area (TPSA) is 39.4 Å². The summed E-state index contributed by atoms with van der Waals surface area (Å²) in [7, 11) is 0. The third-order valence-electron chi connectivity index (χ3n) is 0. The molecule has 2 nitrogen and oxygen atoms in total. The molecule has 0 spiro atoms. The van der Waals surface area contributed by atoms with Gasteiger partial charge in [0, 0.05) is 43.4 Å². The maximum Gasteiger partial charge on any atom is 0.120 e. The first-order chi connectivity index (χ1) is 1.00. The Morgan fingerprint density at radius 3 is 1.00 bits per heavy atom. The molecule has 0 saturated heterocycles. The number of nitroso groups, excluding NO2 is 1. The molecule has 0 heterocycles. The molecule has 0 aromatic heterocycles. The first kappa shape index (κ1) is 19.8. The summed E-state index contributed by atoms with van der Waals surface area (Å²) >= 11 is 0. The average molecular weight is 126 g/mol. The van der Waals surface area contributed by atoms with Gasteiger partial charge in [0.25, 0.3) is 0 Å². The van der Waals surface area contributed by atoms with Crippen LogP contribution in [0.5, 0.6) is 0 Å². The van der Waals surface area contributed by atoms with E-state index in [1.54, 1.807) is 0 Å². The fourth-order valence-corrected chi connectivity index (χ4v) is 0. The minimum absolute atomic E-state index is 0. The van der Waals surface area contributed by atoms with Crippen LogP contribution in [0.25, 0.3) is 0 Å². The maximum absolute atomic E-state index is 7.25. The summed E-state index contributed by atoms with van der Waals surface area (Å²) in [4.78, 5) is 7.25. The van der Waals surface area contributed by atoms with Crippen molar-refractivity contribution in [3.05, 3.63) is 4.91 Å². The van der Waals surface area contributed by atoms with Crippen molar-refractivity contribution < 1.29 is 43.4 Å². The monoisotopic (exact) mass is 126 g/mol. The van der Waals surface area contributed by atoms with Gasteiger partial charge in [-0.15, -0.1) is 4.91 Å². The van der Waals surface area contributed by atoms with Crippen molar-refractivity contribution >= 4 is 0 Å². The molecule has 0 fully saturated rings. The molecular weight excluding hydrogens is 126 g/mol. The van der Waals surface area contributed by atoms with Crippen LogP contribution in [0.3, 0.4) is 0 Å². The first-order valence-corrected chi connectivity index (χ1v) is 0.183. The Kier molecular flexibility index (Phi) is 173. The third kappa shape index (κ3) is 11.8. The molecule has 4 heteroatoms. The smallest absolute Gasteiger partial charge is 0.120 e. The second-order valence-electron chi connectivity index (χ2n) is 0. The van der Waals surface area contributed by atoms with Crippen LogP contribution < -0.4 is 5.59 Å². The van der Waals surface area contributed by atoms with Crippen molar-refractivity contribution in [3.63, 3.8) is 0 Å². The molecule has 0 aliphatic heterocycles. The molecule has 0 amide bonds. The van der Waals surface area contributed by atoms with E-state index in [2.05, 4.69) is 0 Å². The summed E-state index contributed by atoms with van der Waals surface area (Å²) in [5.74, 6) is 0. The van der Waals surface area contributed by atoms with E-state index >= 15 is 0 Å². The van der Waals surface area contributed by atoms with Crippen molar-refractivity contribution in [2.75, 3.05) is 0 Å². The molecule has 0 N–H and O–H groups in total. The summed E-state index contributed by atoms with van der Waals surface area (Å²) in [5, 5.41) is 0. The first-order valence-electron chi connectivity index (χ1n) is 0.183. The summed E-state index contributed by atoms with van der Waals surface area (Å²) in [6, 6.07) is 0. The molecule has 4 heavy (non-hydrogen) atoms. The Balaban J connectivity index is -0.00000000500. The molecular formula is NOTi2. The van der Waals surface area contributed by atoms with Crippen LogP contribution in [0.15, 0.2) is 0 Å². The van der Waals surface area contributed by atoms with Crippen molar-refractivity contribution in [2.45, 2.75) is 0 Å². The van der Waals surface area contributed by atoms with Gasteiger partial charge in [-0.05, 0) is 0 Å². The zero-order chi connectivity index (χ0) is 2.00. The van der Waals surface area contributed by atoms with Gasteiger partial charge < -0.3 is 0 Å². The predicted octanol–water partition coefficient (Wildman–Crippen LogP) is -0.452. The molecule has 0 rings (SSSR count). The summed E-state index contributed by atoms with van der Waals surface area (Å²) in [6.45, 7) is 0. The SMILES string of the molecule is [N]=O.[Ti].[Ti]. The molecule has 0 unspecified atom stereocenters. The summed E-state index contributed by atoms with van der Waals surface area (Å²) in [5.41, 5.74) is 5.75. The van der Waals surface area contributed by atoms with Crippen LogP contribution in [0.2, 0.25) is 0 Å². The van der Waals surface area contributed by atoms with Gasteiger partial charge in [0.1, 0.15) is 5.59 Å². The zero-order valence-electron chi connectivity index (χ0n) is 1.86. The number of nitrogens with zero attached hydrogens (tertiary/aromatic N) is 1. The van der Waals surface area contributed by atoms with E-state index in [4.69, 9.17) is 10.5 Å². The zero-order valence-corrected chi connectivity index (χ0v) is 4.98. The molecule has 19 valence electrons. The Labute approximate surface area is 53.9 Å². The van der Waals surface area contributed by atoms with Crippen molar-refractivity contribution in [3.8, 4) is 0 Å². The number of rotatable bonds is 0. The second-order valence-corrected chi connectivity index (χ2v) is 0. The summed E-state index contributed by atoms with van der Waals surface area (Å²) < 4.78 is 0. The average Bonchev–Trinajstić information content (AvgIpc) is 1.00. The van der Waals surface area contributed by atoms with Crippen molar-refractivity contribution in [1.82, 2.24) is 5.59 Å². The van der Waals surface area contributed by atoms with Crippen LogP contribution in [0.1, 0.15) is 0 Å². The Hall–Kier alpha value is 1.03. The Morgan fingerprint density at radius 1 is 1.00 bits per heavy atom. The van der Waals surface area contributed by atoms with Crippen molar-refractivity contribution in [1.29, 1.82) is 0 Å². The standard InChI is InChI=1S/NO.2Ti/c1-2;;. The van der Waals surface area contributed by atoms with E-state index in [0.717, 1.165) is 0 Å². The van der Waals surface area contributed by atoms with Crippen LogP contribution >= 0.6 is 0 Å². The third-order valence-corrected chi connectivity index (χ3v) is 0. The van der Waals surface area contributed by atoms with E-state index in [0.29, 0.717) is 0 Å². The van der Waals surface area contributed by atoms with Crippen LogP contribution in [-0.4, -0.2) is 0 Å². The van der Waals surface area contributed by atoms with E-state index in [1.165, 1.54) is 0 Å². The van der Waals surface area contributed by atoms with Gasteiger partial charge in [-0.25, -0.2) is 0 Å². The van der Waals surface area contributed by atoms with Gasteiger partial charge >= 0.3 is 0 Å². The van der Waals surface area contributed by atoms with E-state index in [9.17, 15) is 0 Å². The van der Waals surface area contributed by atoms with Gasteiger partial charge in [0.2, 0.25) is 0 Å². The minimum Gasteiger partial charge on any atom is -0.120 e. The molecule has 0 atom stereocenters. The number of hydrogen-bond acceptors (Lipinski definition) is 1. The molecule has 0 aromatic carbocycles. The Bertz CT molecular complexity index is 6.00. The Morgan fingerprint density at radius 2 is 1.00 bits per heavy atom. The van der Waals surface area contributed by atoms with Gasteiger partial charge in [-0.1, -0.05) is 0 Å². The van der Waals surface area contributed by atoms with E-state index in [-0.39, 0.29) is 43.4 Å². The van der Waals surface area contributed by atoms with Gasteiger partial charge in [-0.2, -0.15) is 0 Å². The molecule has 0 bridgehead atoms. The van der Waals surface area contributed by atoms with E-state index < -0.39 is 0 Å². The van der Waals surface area contributed by atoms with Gasteiger partial charge in [0.05, 0.1) is 0 Å². The van der Waals surface area contributed by atoms with Gasteiger partial charge in [0.15, 0.2) is 0 Å². The molecule has 0 aromatic rings. The summed E-state index contributed by atoms with van der Waals surface area (Å²) in [6.07, 6.45) is 0. The molecule has 0 saturated carbocycles.